The summed E-state index contributed by atoms with van der Waals surface area (Å²) in [5.41, 5.74) is 1.92. The van der Waals surface area contributed by atoms with Crippen LogP contribution in [-0.2, 0) is 4.79 Å². The number of hydrogen-bond donors (Lipinski definition) is 0. The zero-order valence-corrected chi connectivity index (χ0v) is 17.5. The highest BCUT2D eigenvalue weighted by Gasteiger charge is 2.37. The number of amides is 1. The number of benzene rings is 2. The summed E-state index contributed by atoms with van der Waals surface area (Å²) in [6.07, 6.45) is 4.83. The summed E-state index contributed by atoms with van der Waals surface area (Å²) >= 11 is 3.24. The van der Waals surface area contributed by atoms with E-state index in [-0.39, 0.29) is 5.91 Å². The number of carbonyl (C=O) groups is 1. The summed E-state index contributed by atoms with van der Waals surface area (Å²) in [6, 6.07) is 16.8. The quantitative estimate of drug-likeness (QED) is 0.517. The minimum absolute atomic E-state index is 0.0773. The van der Waals surface area contributed by atoms with Crippen LogP contribution in [0.3, 0.4) is 0 Å². The largest absolute Gasteiger partial charge is 0.303 e. The van der Waals surface area contributed by atoms with E-state index >= 15 is 0 Å². The fourth-order valence-electron chi connectivity index (χ4n) is 3.85. The van der Waals surface area contributed by atoms with Gasteiger partial charge < -0.3 is 4.57 Å². The van der Waals surface area contributed by atoms with Gasteiger partial charge in [-0.05, 0) is 49.9 Å². The first-order valence-electron chi connectivity index (χ1n) is 10.1. The van der Waals surface area contributed by atoms with Crippen LogP contribution in [0.25, 0.3) is 0 Å². The average molecular weight is 421 g/mol. The molecule has 3 aromatic rings. The first-order chi connectivity index (χ1) is 14.3. The van der Waals surface area contributed by atoms with Gasteiger partial charge in [0.05, 0.1) is 17.1 Å². The van der Waals surface area contributed by atoms with E-state index < -0.39 is 0 Å². The summed E-state index contributed by atoms with van der Waals surface area (Å²) in [7, 11) is 0. The number of anilines is 2. The van der Waals surface area contributed by atoms with E-state index in [0.717, 1.165) is 32.1 Å². The molecule has 2 heterocycles. The lowest BCUT2D eigenvalue weighted by molar-refractivity contribution is -0.115. The van der Waals surface area contributed by atoms with E-state index in [1.807, 2.05) is 41.3 Å². The predicted molar refractivity (Wildman–Crippen MR) is 115 cm³/mol. The molecule has 146 valence electrons. The van der Waals surface area contributed by atoms with E-state index in [1.54, 1.807) is 11.8 Å². The Kier molecular flexibility index (Phi) is 4.20. The summed E-state index contributed by atoms with van der Waals surface area (Å²) in [5.74, 6) is 2.13. The van der Waals surface area contributed by atoms with Gasteiger partial charge in [0.2, 0.25) is 5.91 Å². The van der Waals surface area contributed by atoms with Gasteiger partial charge in [-0.2, -0.15) is 0 Å². The Morgan fingerprint density at radius 1 is 0.966 bits per heavy atom. The fraction of sp³-hybridized carbons (Fsp3) is 0.318. The molecule has 0 saturated heterocycles. The van der Waals surface area contributed by atoms with E-state index in [2.05, 4.69) is 26.9 Å². The first-order valence-corrected chi connectivity index (χ1v) is 11.9. The molecule has 2 aliphatic carbocycles. The molecule has 1 amide bonds. The third kappa shape index (κ3) is 3.16. The monoisotopic (exact) mass is 420 g/mol. The average Bonchev–Trinajstić information content (AvgIpc) is 3.69. The van der Waals surface area contributed by atoms with Gasteiger partial charge in [-0.25, -0.2) is 0 Å². The molecule has 1 aliphatic heterocycles. The third-order valence-corrected chi connectivity index (χ3v) is 7.61. The standard InChI is InChI=1S/C22H20N4OS2/c27-20(13-28-22-24-23-21(14-9-10-14)25(22)15-11-12-15)26-16-5-1-3-7-18(16)29-19-8-4-2-6-17(19)26/h1-8,14-15H,9-13H2. The molecule has 29 heavy (non-hydrogen) atoms. The van der Waals surface area contributed by atoms with Crippen molar-refractivity contribution in [2.24, 2.45) is 0 Å². The van der Waals surface area contributed by atoms with E-state index in [0.29, 0.717) is 17.7 Å². The second-order valence-corrected chi connectivity index (χ2v) is 9.80. The second-order valence-electron chi connectivity index (χ2n) is 7.77. The van der Waals surface area contributed by atoms with Crippen molar-refractivity contribution in [2.75, 3.05) is 10.7 Å². The minimum atomic E-state index is 0.0773. The minimum Gasteiger partial charge on any atom is -0.303 e. The van der Waals surface area contributed by atoms with Crippen LogP contribution in [0, 0.1) is 0 Å². The van der Waals surface area contributed by atoms with E-state index in [9.17, 15) is 4.79 Å². The topological polar surface area (TPSA) is 51.0 Å². The maximum Gasteiger partial charge on any atom is 0.242 e. The Morgan fingerprint density at radius 3 is 2.24 bits per heavy atom. The van der Waals surface area contributed by atoms with Gasteiger partial charge in [0.1, 0.15) is 5.82 Å². The number of nitrogens with zero attached hydrogens (tertiary/aromatic N) is 4. The summed E-state index contributed by atoms with van der Waals surface area (Å²) < 4.78 is 2.31. The number of aromatic nitrogens is 3. The lowest BCUT2D eigenvalue weighted by atomic mass is 10.2. The molecule has 6 rings (SSSR count). The molecule has 7 heteroatoms. The number of carbonyl (C=O) groups excluding carboxylic acids is 1. The molecule has 0 atom stereocenters. The highest BCUT2D eigenvalue weighted by molar-refractivity contribution is 8.00. The molecule has 0 spiro atoms. The lowest BCUT2D eigenvalue weighted by Gasteiger charge is -2.30. The third-order valence-electron chi connectivity index (χ3n) is 5.55. The maximum absolute atomic E-state index is 13.4. The summed E-state index contributed by atoms with van der Waals surface area (Å²) in [5, 5.41) is 9.81. The zero-order chi connectivity index (χ0) is 19.4. The Balaban J connectivity index is 1.29. The molecule has 0 N–H and O–H groups in total. The van der Waals surface area contributed by atoms with Crippen LogP contribution in [0.2, 0.25) is 0 Å². The fourth-order valence-corrected chi connectivity index (χ4v) is 5.77. The Bertz CT molecular complexity index is 1060. The van der Waals surface area contributed by atoms with Gasteiger partial charge in [0.25, 0.3) is 0 Å². The van der Waals surface area contributed by atoms with Crippen LogP contribution < -0.4 is 4.90 Å². The van der Waals surface area contributed by atoms with Crippen LogP contribution in [0.5, 0.6) is 0 Å². The number of fused-ring (bicyclic) bond motifs is 2. The van der Waals surface area contributed by atoms with Crippen LogP contribution in [-0.4, -0.2) is 26.4 Å². The molecule has 0 radical (unpaired) electrons. The normalized spacial score (nSPS) is 17.7. The molecule has 1 aromatic heterocycles. The van der Waals surface area contributed by atoms with Gasteiger partial charge in [-0.1, -0.05) is 47.8 Å². The van der Waals surface area contributed by atoms with Gasteiger partial charge >= 0.3 is 0 Å². The van der Waals surface area contributed by atoms with Crippen molar-refractivity contribution in [2.45, 2.75) is 52.6 Å². The van der Waals surface area contributed by atoms with Gasteiger partial charge in [0, 0.05) is 21.8 Å². The summed E-state index contributed by atoms with van der Waals surface area (Å²) in [4.78, 5) is 17.5. The van der Waals surface area contributed by atoms with Crippen molar-refractivity contribution in [1.29, 1.82) is 0 Å². The lowest BCUT2D eigenvalue weighted by Crippen LogP contribution is -2.30. The van der Waals surface area contributed by atoms with Gasteiger partial charge in [-0.3, -0.25) is 9.69 Å². The van der Waals surface area contributed by atoms with Crippen molar-refractivity contribution >= 4 is 40.8 Å². The van der Waals surface area contributed by atoms with Crippen LogP contribution in [0.4, 0.5) is 11.4 Å². The van der Waals surface area contributed by atoms with Crippen LogP contribution in [0.1, 0.15) is 43.5 Å². The Labute approximate surface area is 177 Å². The maximum atomic E-state index is 13.4. The van der Waals surface area contributed by atoms with Crippen LogP contribution >= 0.6 is 23.5 Å². The summed E-state index contributed by atoms with van der Waals surface area (Å²) in [6.45, 7) is 0. The van der Waals surface area contributed by atoms with Crippen molar-refractivity contribution in [3.05, 3.63) is 54.4 Å². The molecule has 2 saturated carbocycles. The molecule has 2 aromatic carbocycles. The first kappa shape index (κ1) is 17.6. The van der Waals surface area contributed by atoms with E-state index in [4.69, 9.17) is 0 Å². The highest BCUT2D eigenvalue weighted by atomic mass is 32.2. The smallest absolute Gasteiger partial charge is 0.242 e. The molecular weight excluding hydrogens is 400 g/mol. The van der Waals surface area contributed by atoms with Gasteiger partial charge in [0.15, 0.2) is 5.16 Å². The highest BCUT2D eigenvalue weighted by Crippen LogP contribution is 2.49. The molecule has 5 nitrogen and oxygen atoms in total. The molecule has 0 unspecified atom stereocenters. The van der Waals surface area contributed by atoms with Crippen molar-refractivity contribution in [1.82, 2.24) is 14.8 Å². The second kappa shape index (κ2) is 6.92. The molecule has 0 bridgehead atoms. The molecular formula is C22H20N4OS2. The Hall–Kier alpha value is -2.25. The predicted octanol–water partition coefficient (Wildman–Crippen LogP) is 5.41. The molecule has 2 fully saturated rings. The Morgan fingerprint density at radius 2 is 1.62 bits per heavy atom. The van der Waals surface area contributed by atoms with E-state index in [1.165, 1.54) is 37.4 Å². The van der Waals surface area contributed by atoms with Crippen LogP contribution in [0.15, 0.2) is 63.5 Å². The van der Waals surface area contributed by atoms with Crippen molar-refractivity contribution in [3.8, 4) is 0 Å². The number of para-hydroxylation sites is 2. The van der Waals surface area contributed by atoms with Crippen molar-refractivity contribution < 1.29 is 4.79 Å². The number of hydrogen-bond acceptors (Lipinski definition) is 5. The van der Waals surface area contributed by atoms with Gasteiger partial charge in [-0.15, -0.1) is 10.2 Å². The molecule has 3 aliphatic rings. The number of thioether (sulfide) groups is 1. The van der Waals surface area contributed by atoms with Crippen molar-refractivity contribution in [3.63, 3.8) is 0 Å². The number of rotatable bonds is 5. The SMILES string of the molecule is O=C(CSc1nnc(C2CC2)n1C1CC1)N1c2ccccc2Sc2ccccc21. The zero-order valence-electron chi connectivity index (χ0n) is 15.8.